The first kappa shape index (κ1) is 18.1. The molecule has 0 aliphatic heterocycles. The van der Waals surface area contributed by atoms with Gasteiger partial charge in [0, 0.05) is 40.8 Å². The van der Waals surface area contributed by atoms with Crippen LogP contribution in [0.5, 0.6) is 0 Å². The molecule has 0 saturated heterocycles. The highest BCUT2D eigenvalue weighted by molar-refractivity contribution is 7.12. The van der Waals surface area contributed by atoms with E-state index in [1.54, 1.807) is 29.1 Å². The Morgan fingerprint density at radius 2 is 2.00 bits per heavy atom. The Bertz CT molecular complexity index is 1020. The van der Waals surface area contributed by atoms with Crippen LogP contribution in [0.2, 0.25) is 0 Å². The lowest BCUT2D eigenvalue weighted by Crippen LogP contribution is -2.25. The Morgan fingerprint density at radius 1 is 1.27 bits per heavy atom. The number of Topliss-reactive ketones (excluding diaryl/α,β-unsaturated/α-hetero) is 1. The van der Waals surface area contributed by atoms with E-state index < -0.39 is 29.6 Å². The Labute approximate surface area is 150 Å². The molecule has 3 heterocycles. The summed E-state index contributed by atoms with van der Waals surface area (Å²) in [6.07, 6.45) is -2.28. The van der Waals surface area contributed by atoms with Crippen LogP contribution in [0.3, 0.4) is 0 Å². The summed E-state index contributed by atoms with van der Waals surface area (Å²) in [5, 5.41) is 2.49. The standard InChI is InChI=1S/C17H14F3N3O2S/c1-10-7-13(11(2)23(10)16-21-5-6-26-16)14(24)9-22-8-12(17(18,19)20)3-4-15(22)25/h3-8H,9H2,1-2H3. The van der Waals surface area contributed by atoms with Crippen LogP contribution in [0.25, 0.3) is 5.13 Å². The van der Waals surface area contributed by atoms with Gasteiger partial charge in [-0.05, 0) is 26.0 Å². The van der Waals surface area contributed by atoms with Crippen LogP contribution < -0.4 is 5.56 Å². The number of hydrogen-bond acceptors (Lipinski definition) is 4. The maximum absolute atomic E-state index is 12.8. The van der Waals surface area contributed by atoms with Crippen molar-refractivity contribution in [2.45, 2.75) is 26.6 Å². The smallest absolute Gasteiger partial charge is 0.307 e. The molecule has 0 aliphatic rings. The molecule has 0 spiro atoms. The van der Waals surface area contributed by atoms with Crippen molar-refractivity contribution in [3.05, 3.63) is 68.8 Å². The van der Waals surface area contributed by atoms with Gasteiger partial charge in [-0.1, -0.05) is 0 Å². The van der Waals surface area contributed by atoms with Crippen molar-refractivity contribution in [1.82, 2.24) is 14.1 Å². The first-order valence-electron chi connectivity index (χ1n) is 7.58. The van der Waals surface area contributed by atoms with E-state index in [9.17, 15) is 22.8 Å². The largest absolute Gasteiger partial charge is 0.417 e. The number of ketones is 1. The Kier molecular flexibility index (Phi) is 4.57. The van der Waals surface area contributed by atoms with E-state index in [1.165, 1.54) is 11.3 Å². The highest BCUT2D eigenvalue weighted by Gasteiger charge is 2.31. The molecule has 5 nitrogen and oxygen atoms in total. The van der Waals surface area contributed by atoms with E-state index in [4.69, 9.17) is 0 Å². The predicted octanol–water partition coefficient (Wildman–Crippen LogP) is 3.61. The maximum Gasteiger partial charge on any atom is 0.417 e. The van der Waals surface area contributed by atoms with Crippen molar-refractivity contribution in [3.8, 4) is 5.13 Å². The number of rotatable bonds is 4. The molecule has 0 bridgehead atoms. The number of halogens is 3. The number of thiazole rings is 1. The van der Waals surface area contributed by atoms with Crippen LogP contribution in [-0.4, -0.2) is 19.9 Å². The normalized spacial score (nSPS) is 11.7. The van der Waals surface area contributed by atoms with Gasteiger partial charge in [0.2, 0.25) is 0 Å². The second kappa shape index (κ2) is 6.56. The zero-order valence-corrected chi connectivity index (χ0v) is 14.7. The monoisotopic (exact) mass is 381 g/mol. The van der Waals surface area contributed by atoms with Crippen molar-refractivity contribution in [2.24, 2.45) is 0 Å². The number of aryl methyl sites for hydroxylation is 1. The average Bonchev–Trinajstić information content (AvgIpc) is 3.16. The third-order valence-corrected chi connectivity index (χ3v) is 4.72. The first-order chi connectivity index (χ1) is 12.2. The second-order valence-electron chi connectivity index (χ2n) is 5.74. The molecule has 26 heavy (non-hydrogen) atoms. The molecule has 0 amide bonds. The van der Waals surface area contributed by atoms with Crippen molar-refractivity contribution in [2.75, 3.05) is 0 Å². The van der Waals surface area contributed by atoms with Gasteiger partial charge in [-0.15, -0.1) is 11.3 Å². The molecule has 0 saturated carbocycles. The van der Waals surface area contributed by atoms with Gasteiger partial charge in [-0.2, -0.15) is 13.2 Å². The molecule has 0 aromatic carbocycles. The molecule has 3 aromatic rings. The van der Waals surface area contributed by atoms with Gasteiger partial charge in [0.1, 0.15) is 0 Å². The van der Waals surface area contributed by atoms with E-state index in [1.807, 2.05) is 6.92 Å². The first-order valence-corrected chi connectivity index (χ1v) is 8.46. The molecule has 136 valence electrons. The van der Waals surface area contributed by atoms with Crippen LogP contribution in [0, 0.1) is 13.8 Å². The van der Waals surface area contributed by atoms with Gasteiger partial charge in [-0.25, -0.2) is 4.98 Å². The minimum Gasteiger partial charge on any atom is -0.307 e. The van der Waals surface area contributed by atoms with Crippen LogP contribution in [0.15, 0.2) is 40.8 Å². The SMILES string of the molecule is Cc1cc(C(=O)Cn2cc(C(F)(F)F)ccc2=O)c(C)n1-c1nccs1. The van der Waals surface area contributed by atoms with E-state index in [0.717, 1.165) is 16.3 Å². The summed E-state index contributed by atoms with van der Waals surface area (Å²) in [5.41, 5.74) is 0.111. The quantitative estimate of drug-likeness (QED) is 0.649. The van der Waals surface area contributed by atoms with Crippen LogP contribution in [-0.2, 0) is 12.7 Å². The lowest BCUT2D eigenvalue weighted by Gasteiger charge is -2.10. The van der Waals surface area contributed by atoms with Gasteiger partial charge >= 0.3 is 6.18 Å². The zero-order valence-electron chi connectivity index (χ0n) is 13.9. The summed E-state index contributed by atoms with van der Waals surface area (Å²) in [5.74, 6) is -0.442. The molecule has 3 aromatic heterocycles. The third-order valence-electron chi connectivity index (χ3n) is 3.97. The summed E-state index contributed by atoms with van der Waals surface area (Å²) in [7, 11) is 0. The van der Waals surface area contributed by atoms with E-state index in [0.29, 0.717) is 28.7 Å². The number of nitrogens with zero attached hydrogens (tertiary/aromatic N) is 3. The fourth-order valence-corrected chi connectivity index (χ4v) is 3.48. The summed E-state index contributed by atoms with van der Waals surface area (Å²) in [4.78, 5) is 28.7. The average molecular weight is 381 g/mol. The highest BCUT2D eigenvalue weighted by Crippen LogP contribution is 2.28. The molecule has 0 atom stereocenters. The molecule has 0 aliphatic carbocycles. The topological polar surface area (TPSA) is 56.9 Å². The molecular formula is C17H14F3N3O2S. The van der Waals surface area contributed by atoms with Gasteiger partial charge in [0.25, 0.3) is 5.56 Å². The van der Waals surface area contributed by atoms with E-state index >= 15 is 0 Å². The van der Waals surface area contributed by atoms with Gasteiger partial charge in [0.05, 0.1) is 12.1 Å². The summed E-state index contributed by atoms with van der Waals surface area (Å²) in [6.45, 7) is 3.07. The molecule has 0 N–H and O–H groups in total. The highest BCUT2D eigenvalue weighted by atomic mass is 32.1. The maximum atomic E-state index is 12.8. The lowest BCUT2D eigenvalue weighted by atomic mass is 10.1. The van der Waals surface area contributed by atoms with Gasteiger partial charge in [0.15, 0.2) is 10.9 Å². The summed E-state index contributed by atoms with van der Waals surface area (Å²) >= 11 is 1.40. The number of hydrogen-bond donors (Lipinski definition) is 0. The number of alkyl halides is 3. The van der Waals surface area contributed by atoms with Gasteiger partial charge in [-0.3, -0.25) is 14.2 Å². The summed E-state index contributed by atoms with van der Waals surface area (Å²) in [6, 6.07) is 3.17. The van der Waals surface area contributed by atoms with Gasteiger partial charge < -0.3 is 4.57 Å². The fraction of sp³-hybridized carbons (Fsp3) is 0.235. The van der Waals surface area contributed by atoms with Crippen molar-refractivity contribution in [1.29, 1.82) is 0 Å². The summed E-state index contributed by atoms with van der Waals surface area (Å²) < 4.78 is 41.1. The van der Waals surface area contributed by atoms with E-state index in [-0.39, 0.29) is 0 Å². The second-order valence-corrected chi connectivity index (χ2v) is 6.61. The number of carbonyl (C=O) groups excluding carboxylic acids is 1. The molecule has 9 heteroatoms. The Morgan fingerprint density at radius 3 is 2.62 bits per heavy atom. The molecular weight excluding hydrogens is 367 g/mol. The van der Waals surface area contributed by atoms with E-state index in [2.05, 4.69) is 4.98 Å². The molecule has 0 radical (unpaired) electrons. The third kappa shape index (κ3) is 3.34. The van der Waals surface area contributed by atoms with Crippen molar-refractivity contribution in [3.63, 3.8) is 0 Å². The fourth-order valence-electron chi connectivity index (χ4n) is 2.73. The Balaban J connectivity index is 1.95. The Hall–Kier alpha value is -2.68. The molecule has 3 rings (SSSR count). The number of carbonyl (C=O) groups is 1. The number of pyridine rings is 1. The number of aromatic nitrogens is 3. The van der Waals surface area contributed by atoms with Crippen LogP contribution in [0.4, 0.5) is 13.2 Å². The van der Waals surface area contributed by atoms with Crippen molar-refractivity contribution >= 4 is 17.1 Å². The predicted molar refractivity (Wildman–Crippen MR) is 90.9 cm³/mol. The lowest BCUT2D eigenvalue weighted by molar-refractivity contribution is -0.138. The van der Waals surface area contributed by atoms with Crippen LogP contribution in [0.1, 0.15) is 27.3 Å². The molecule has 0 fully saturated rings. The zero-order chi connectivity index (χ0) is 19.1. The molecule has 0 unspecified atom stereocenters. The minimum atomic E-state index is -4.58. The van der Waals surface area contributed by atoms with Crippen LogP contribution >= 0.6 is 11.3 Å². The van der Waals surface area contributed by atoms with Crippen molar-refractivity contribution < 1.29 is 18.0 Å². The minimum absolute atomic E-state index is 0.349.